The summed E-state index contributed by atoms with van der Waals surface area (Å²) in [5.41, 5.74) is 19.1. The lowest BCUT2D eigenvalue weighted by Crippen LogP contribution is -2.21. The van der Waals surface area contributed by atoms with Crippen LogP contribution >= 0.6 is 0 Å². The topological polar surface area (TPSA) is 8.17 Å². The highest BCUT2D eigenvalue weighted by Crippen LogP contribution is 2.56. The molecule has 1 aliphatic carbocycles. The fraction of sp³-hybridized carbons (Fsp3) is 0.0526. The fourth-order valence-electron chi connectivity index (χ4n) is 9.80. The summed E-state index contributed by atoms with van der Waals surface area (Å²) in [6, 6.07) is 80.0. The van der Waals surface area contributed by atoms with E-state index >= 15 is 0 Å². The van der Waals surface area contributed by atoms with Crippen molar-refractivity contribution >= 4 is 38.9 Å². The van der Waals surface area contributed by atoms with E-state index in [0.29, 0.717) is 0 Å². The first-order valence-corrected chi connectivity index (χ1v) is 20.5. The normalized spacial score (nSPS) is 12.7. The summed E-state index contributed by atoms with van der Waals surface area (Å²) >= 11 is 0. The Hall–Kier alpha value is -7.42. The van der Waals surface area contributed by atoms with E-state index in [-0.39, 0.29) is 5.41 Å². The second-order valence-electron chi connectivity index (χ2n) is 16.1. The third kappa shape index (κ3) is 5.56. The maximum atomic E-state index is 2.56. The van der Waals surface area contributed by atoms with Crippen LogP contribution in [0.3, 0.4) is 0 Å². The Kier molecular flexibility index (Phi) is 8.20. The van der Waals surface area contributed by atoms with Crippen molar-refractivity contribution in [1.82, 2.24) is 4.57 Å². The first-order valence-electron chi connectivity index (χ1n) is 20.5. The highest BCUT2D eigenvalue weighted by Gasteiger charge is 2.39. The molecule has 9 aromatic carbocycles. The van der Waals surface area contributed by atoms with E-state index in [1.165, 1.54) is 83.1 Å². The molecule has 1 aliphatic rings. The van der Waals surface area contributed by atoms with Crippen LogP contribution in [0.4, 0.5) is 17.1 Å². The molecule has 0 N–H and O–H groups in total. The van der Waals surface area contributed by atoms with Crippen LogP contribution in [0, 0.1) is 0 Å². The van der Waals surface area contributed by atoms with Crippen molar-refractivity contribution in [3.63, 3.8) is 0 Å². The van der Waals surface area contributed by atoms with Crippen LogP contribution < -0.4 is 4.90 Å². The molecule has 1 aromatic heterocycles. The second kappa shape index (κ2) is 13.9. The molecule has 0 fully saturated rings. The van der Waals surface area contributed by atoms with Gasteiger partial charge in [-0.3, -0.25) is 0 Å². The molecule has 0 amide bonds. The average Bonchev–Trinajstić information content (AvgIpc) is 3.75. The van der Waals surface area contributed by atoms with Crippen LogP contribution in [0.25, 0.3) is 72.0 Å². The minimum atomic E-state index is -0.247. The molecule has 280 valence electrons. The molecule has 0 saturated heterocycles. The van der Waals surface area contributed by atoms with Crippen LogP contribution in [-0.4, -0.2) is 4.57 Å². The zero-order chi connectivity index (χ0) is 39.5. The molecular formula is C57H42N2. The molecule has 10 aromatic rings. The number of benzene rings is 9. The van der Waals surface area contributed by atoms with Gasteiger partial charge in [0.2, 0.25) is 0 Å². The minimum Gasteiger partial charge on any atom is -0.309 e. The van der Waals surface area contributed by atoms with Crippen molar-refractivity contribution in [3.8, 4) is 50.2 Å². The largest absolute Gasteiger partial charge is 0.309 e. The van der Waals surface area contributed by atoms with Crippen LogP contribution in [0.15, 0.2) is 218 Å². The highest BCUT2D eigenvalue weighted by molar-refractivity contribution is 6.11. The Morgan fingerprint density at radius 2 is 0.932 bits per heavy atom. The molecule has 2 heteroatoms. The molecule has 0 aliphatic heterocycles. The van der Waals surface area contributed by atoms with Crippen molar-refractivity contribution in [2.24, 2.45) is 0 Å². The maximum absolute atomic E-state index is 2.56. The second-order valence-corrected chi connectivity index (χ2v) is 16.1. The Bertz CT molecular complexity index is 3170. The van der Waals surface area contributed by atoms with Gasteiger partial charge in [0.25, 0.3) is 0 Å². The van der Waals surface area contributed by atoms with Crippen molar-refractivity contribution < 1.29 is 0 Å². The van der Waals surface area contributed by atoms with E-state index in [1.54, 1.807) is 0 Å². The van der Waals surface area contributed by atoms with Gasteiger partial charge >= 0.3 is 0 Å². The monoisotopic (exact) mass is 754 g/mol. The Morgan fingerprint density at radius 3 is 1.68 bits per heavy atom. The number of fused-ring (bicyclic) bond motifs is 6. The molecule has 0 atom stereocenters. The first-order chi connectivity index (χ1) is 29.1. The van der Waals surface area contributed by atoms with Crippen molar-refractivity contribution in [3.05, 3.63) is 230 Å². The Balaban J connectivity index is 1.27. The molecule has 0 unspecified atom stereocenters. The number of rotatable bonds is 7. The fourth-order valence-corrected chi connectivity index (χ4v) is 9.80. The van der Waals surface area contributed by atoms with E-state index in [9.17, 15) is 0 Å². The van der Waals surface area contributed by atoms with E-state index in [1.807, 2.05) is 0 Å². The molecular weight excluding hydrogens is 713 g/mol. The van der Waals surface area contributed by atoms with Crippen molar-refractivity contribution in [2.45, 2.75) is 19.3 Å². The van der Waals surface area contributed by atoms with E-state index in [4.69, 9.17) is 0 Å². The van der Waals surface area contributed by atoms with Gasteiger partial charge in [-0.2, -0.15) is 0 Å². The zero-order valence-corrected chi connectivity index (χ0v) is 33.2. The van der Waals surface area contributed by atoms with Gasteiger partial charge in [0, 0.05) is 33.1 Å². The summed E-state index contributed by atoms with van der Waals surface area (Å²) < 4.78 is 2.42. The summed E-state index contributed by atoms with van der Waals surface area (Å²) in [6.45, 7) is 4.78. The lowest BCUT2D eigenvalue weighted by Gasteiger charge is -2.34. The van der Waals surface area contributed by atoms with Gasteiger partial charge in [0.15, 0.2) is 0 Å². The van der Waals surface area contributed by atoms with E-state index in [2.05, 4.69) is 242 Å². The predicted octanol–water partition coefficient (Wildman–Crippen LogP) is 15.6. The highest BCUT2D eigenvalue weighted by atomic mass is 15.2. The molecule has 0 saturated carbocycles. The lowest BCUT2D eigenvalue weighted by molar-refractivity contribution is 0.661. The molecule has 0 radical (unpaired) electrons. The minimum absolute atomic E-state index is 0.247. The molecule has 2 nitrogen and oxygen atoms in total. The number of aromatic nitrogens is 1. The summed E-state index contributed by atoms with van der Waals surface area (Å²) in [6.07, 6.45) is 0. The van der Waals surface area contributed by atoms with Crippen molar-refractivity contribution in [2.75, 3.05) is 4.90 Å². The number of anilines is 3. The van der Waals surface area contributed by atoms with Crippen LogP contribution in [0.5, 0.6) is 0 Å². The van der Waals surface area contributed by atoms with Gasteiger partial charge < -0.3 is 9.47 Å². The van der Waals surface area contributed by atoms with Gasteiger partial charge in [0.05, 0.1) is 22.4 Å². The molecule has 0 spiro atoms. The summed E-state index contributed by atoms with van der Waals surface area (Å²) in [5, 5.41) is 2.47. The standard InChI is InChI=1S/C57H42N2/c1-57(2)50-32-16-14-27-45(50)49-31-19-35-53(56(49)57)59(42-36-37-47-46-28-15-17-33-51(46)58(54(47)38-42)41-24-10-5-11-25-41)52-34-18-30-44(40-22-8-4-9-23-40)55(52)48-29-13-12-26-43(48)39-20-6-3-7-21-39/h3-38H,1-2H3. The quantitative estimate of drug-likeness (QED) is 0.157. The summed E-state index contributed by atoms with van der Waals surface area (Å²) in [7, 11) is 0. The Morgan fingerprint density at radius 1 is 0.390 bits per heavy atom. The predicted molar refractivity (Wildman–Crippen MR) is 249 cm³/mol. The first kappa shape index (κ1) is 34.8. The average molecular weight is 755 g/mol. The zero-order valence-electron chi connectivity index (χ0n) is 33.2. The number of nitrogens with zero attached hydrogens (tertiary/aromatic N) is 2. The Labute approximate surface area is 345 Å². The van der Waals surface area contributed by atoms with E-state index < -0.39 is 0 Å². The number of para-hydroxylation sites is 2. The number of hydrogen-bond acceptors (Lipinski definition) is 1. The van der Waals surface area contributed by atoms with Crippen molar-refractivity contribution in [1.29, 1.82) is 0 Å². The van der Waals surface area contributed by atoms with Crippen LogP contribution in [-0.2, 0) is 5.41 Å². The van der Waals surface area contributed by atoms with E-state index in [0.717, 1.165) is 17.1 Å². The molecule has 0 bridgehead atoms. The number of hydrogen-bond donors (Lipinski definition) is 0. The van der Waals surface area contributed by atoms with Gasteiger partial charge in [-0.05, 0) is 92.5 Å². The van der Waals surface area contributed by atoms with Gasteiger partial charge in [-0.25, -0.2) is 0 Å². The van der Waals surface area contributed by atoms with Gasteiger partial charge in [0.1, 0.15) is 0 Å². The van der Waals surface area contributed by atoms with Gasteiger partial charge in [-0.1, -0.05) is 190 Å². The van der Waals surface area contributed by atoms with Crippen LogP contribution in [0.1, 0.15) is 25.0 Å². The lowest BCUT2D eigenvalue weighted by atomic mass is 9.81. The third-order valence-electron chi connectivity index (χ3n) is 12.4. The van der Waals surface area contributed by atoms with Crippen LogP contribution in [0.2, 0.25) is 0 Å². The third-order valence-corrected chi connectivity index (χ3v) is 12.4. The molecule has 11 rings (SSSR count). The SMILES string of the molecule is CC1(C)c2ccccc2-c2cccc(N(c3ccc4c5ccccc5n(-c5ccccc5)c4c3)c3cccc(-c4ccccc4)c3-c3ccccc3-c3ccccc3)c21. The smallest absolute Gasteiger partial charge is 0.0561 e. The molecule has 1 heterocycles. The summed E-state index contributed by atoms with van der Waals surface area (Å²) in [4.78, 5) is 2.56. The molecule has 59 heavy (non-hydrogen) atoms. The maximum Gasteiger partial charge on any atom is 0.0561 e. The van der Waals surface area contributed by atoms with Gasteiger partial charge in [-0.15, -0.1) is 0 Å². The summed E-state index contributed by atoms with van der Waals surface area (Å²) in [5.74, 6) is 0.